The molecule has 10 heteroatoms. The van der Waals surface area contributed by atoms with Gasteiger partial charge in [0.25, 0.3) is 0 Å². The van der Waals surface area contributed by atoms with Gasteiger partial charge in [-0.3, -0.25) is 0 Å². The number of carbonyl (C=O) groups is 2. The zero-order chi connectivity index (χ0) is 21.8. The average Bonchev–Trinajstić information content (AvgIpc) is 2.39. The maximum Gasteiger partial charge on any atom is 0.409 e. The molecular weight excluding hydrogens is 400 g/mol. The first kappa shape index (κ1) is 24.5. The third-order valence-electron chi connectivity index (χ3n) is 3.95. The maximum atomic E-state index is 12.3. The number of sulfone groups is 1. The van der Waals surface area contributed by atoms with Gasteiger partial charge in [-0.1, -0.05) is 25.7 Å². The lowest BCUT2D eigenvalue weighted by atomic mass is 10.2. The zero-order valence-corrected chi connectivity index (χ0v) is 19.8. The Morgan fingerprint density at radius 3 is 2.32 bits per heavy atom. The first-order valence-electron chi connectivity index (χ1n) is 9.42. The SMILES string of the molecule is C[C@@H](/C=C/S(=O)(=O)C1CN(C(=O)OCC[Si](C)(C)C)C1)NC(=O)OC(C)(C)C. The topological polar surface area (TPSA) is 102 Å². The van der Waals surface area contributed by atoms with Gasteiger partial charge >= 0.3 is 12.2 Å². The van der Waals surface area contributed by atoms with Crippen LogP contribution in [0.3, 0.4) is 0 Å². The van der Waals surface area contributed by atoms with E-state index < -0.39 is 47.0 Å². The Morgan fingerprint density at radius 1 is 1.25 bits per heavy atom. The van der Waals surface area contributed by atoms with Gasteiger partial charge in [0.2, 0.25) is 0 Å². The summed E-state index contributed by atoms with van der Waals surface area (Å²) in [5.41, 5.74) is -0.626. The first-order valence-corrected chi connectivity index (χ1v) is 14.7. The minimum Gasteiger partial charge on any atom is -0.450 e. The molecule has 0 aromatic heterocycles. The number of carbonyl (C=O) groups excluding carboxylic acids is 2. The largest absolute Gasteiger partial charge is 0.450 e. The minimum absolute atomic E-state index is 0.117. The van der Waals surface area contributed by atoms with Crippen LogP contribution in [0.2, 0.25) is 25.7 Å². The third kappa shape index (κ3) is 9.09. The molecule has 0 unspecified atom stereocenters. The first-order chi connectivity index (χ1) is 12.6. The normalized spacial score (nSPS) is 17.2. The van der Waals surface area contributed by atoms with Crippen LogP contribution < -0.4 is 5.32 Å². The number of rotatable bonds is 7. The number of hydrogen-bond donors (Lipinski definition) is 1. The summed E-state index contributed by atoms with van der Waals surface area (Å²) in [5.74, 6) is 0. The smallest absolute Gasteiger partial charge is 0.409 e. The van der Waals surface area contributed by atoms with E-state index in [4.69, 9.17) is 9.47 Å². The van der Waals surface area contributed by atoms with Crippen molar-refractivity contribution < 1.29 is 27.5 Å². The van der Waals surface area contributed by atoms with Crippen molar-refractivity contribution in [1.82, 2.24) is 10.2 Å². The Balaban J connectivity index is 2.43. The van der Waals surface area contributed by atoms with Gasteiger partial charge in [-0.15, -0.1) is 0 Å². The fourth-order valence-electron chi connectivity index (χ4n) is 2.21. The molecule has 0 radical (unpaired) electrons. The molecule has 28 heavy (non-hydrogen) atoms. The Morgan fingerprint density at radius 2 is 1.82 bits per heavy atom. The molecule has 8 nitrogen and oxygen atoms in total. The Hall–Kier alpha value is -1.55. The highest BCUT2D eigenvalue weighted by Gasteiger charge is 2.39. The quantitative estimate of drug-likeness (QED) is 0.618. The minimum atomic E-state index is -3.51. The predicted octanol–water partition coefficient (Wildman–Crippen LogP) is 2.99. The van der Waals surface area contributed by atoms with Crippen LogP contribution in [0.5, 0.6) is 0 Å². The van der Waals surface area contributed by atoms with Gasteiger partial charge in [0.05, 0.1) is 6.61 Å². The fraction of sp³-hybridized carbons (Fsp3) is 0.778. The molecule has 0 aliphatic carbocycles. The van der Waals surface area contributed by atoms with Crippen LogP contribution in [-0.4, -0.2) is 70.2 Å². The van der Waals surface area contributed by atoms with E-state index in [1.54, 1.807) is 27.7 Å². The monoisotopic (exact) mass is 434 g/mol. The van der Waals surface area contributed by atoms with Crippen molar-refractivity contribution in [2.24, 2.45) is 0 Å². The number of likely N-dealkylation sites (tertiary alicyclic amines) is 1. The Kier molecular flexibility index (Phi) is 8.13. The number of alkyl carbamates (subject to hydrolysis) is 1. The van der Waals surface area contributed by atoms with Crippen LogP contribution >= 0.6 is 0 Å². The van der Waals surface area contributed by atoms with E-state index in [0.717, 1.165) is 11.5 Å². The van der Waals surface area contributed by atoms with Gasteiger partial charge in [-0.05, 0) is 33.7 Å². The summed E-state index contributed by atoms with van der Waals surface area (Å²) in [6, 6.07) is 0.367. The van der Waals surface area contributed by atoms with Crippen molar-refractivity contribution in [1.29, 1.82) is 0 Å². The van der Waals surface area contributed by atoms with Gasteiger partial charge in [0.1, 0.15) is 10.9 Å². The molecule has 1 aliphatic heterocycles. The van der Waals surface area contributed by atoms with Crippen LogP contribution in [0.1, 0.15) is 27.7 Å². The van der Waals surface area contributed by atoms with E-state index in [9.17, 15) is 18.0 Å². The second-order valence-electron chi connectivity index (χ2n) is 9.30. The molecule has 1 N–H and O–H groups in total. The lowest BCUT2D eigenvalue weighted by molar-refractivity contribution is 0.0517. The highest BCUT2D eigenvalue weighted by molar-refractivity contribution is 7.95. The van der Waals surface area contributed by atoms with E-state index in [0.29, 0.717) is 6.61 Å². The van der Waals surface area contributed by atoms with E-state index in [1.807, 2.05) is 0 Å². The Labute approximate surface area is 169 Å². The highest BCUT2D eigenvalue weighted by Crippen LogP contribution is 2.19. The number of hydrogen-bond acceptors (Lipinski definition) is 6. The molecule has 0 spiro atoms. The lowest BCUT2D eigenvalue weighted by Crippen LogP contribution is -2.56. The predicted molar refractivity (Wildman–Crippen MR) is 112 cm³/mol. The molecule has 1 saturated heterocycles. The van der Waals surface area contributed by atoms with Crippen molar-refractivity contribution in [3.8, 4) is 0 Å². The summed E-state index contributed by atoms with van der Waals surface area (Å²) in [6.45, 7) is 14.1. The van der Waals surface area contributed by atoms with Crippen LogP contribution in [0.15, 0.2) is 11.5 Å². The van der Waals surface area contributed by atoms with Gasteiger partial charge in [-0.2, -0.15) is 0 Å². The number of nitrogens with zero attached hydrogens (tertiary/aromatic N) is 1. The molecule has 1 rings (SSSR count). The van der Waals surface area contributed by atoms with E-state index in [-0.39, 0.29) is 13.1 Å². The van der Waals surface area contributed by atoms with E-state index in [1.165, 1.54) is 11.0 Å². The van der Waals surface area contributed by atoms with Crippen molar-refractivity contribution in [2.45, 2.75) is 70.3 Å². The maximum absolute atomic E-state index is 12.3. The molecule has 0 bridgehead atoms. The second kappa shape index (κ2) is 9.30. The van der Waals surface area contributed by atoms with Crippen molar-refractivity contribution in [2.75, 3.05) is 19.7 Å². The molecule has 1 atom stereocenters. The molecule has 0 saturated carbocycles. The fourth-order valence-corrected chi connectivity index (χ4v) is 4.38. The van der Waals surface area contributed by atoms with E-state index >= 15 is 0 Å². The summed E-state index contributed by atoms with van der Waals surface area (Å²) < 4.78 is 35.0. The third-order valence-corrected chi connectivity index (χ3v) is 7.42. The van der Waals surface area contributed by atoms with Crippen molar-refractivity contribution in [3.63, 3.8) is 0 Å². The summed E-state index contributed by atoms with van der Waals surface area (Å²) in [7, 11) is -4.80. The van der Waals surface area contributed by atoms with Gasteiger partial charge in [0, 0.05) is 32.6 Å². The number of ether oxygens (including phenoxy) is 2. The second-order valence-corrected chi connectivity index (χ2v) is 17.0. The van der Waals surface area contributed by atoms with Gasteiger partial charge < -0.3 is 19.7 Å². The Bertz CT molecular complexity index is 688. The van der Waals surface area contributed by atoms with Crippen LogP contribution in [0.25, 0.3) is 0 Å². The van der Waals surface area contributed by atoms with Crippen molar-refractivity contribution in [3.05, 3.63) is 11.5 Å². The standard InChI is InChI=1S/C18H34N2O6SSi/c1-14(19-16(21)26-18(2,3)4)8-10-27(23,24)15-12-20(13-15)17(22)25-9-11-28(5,6)7/h8,10,14-15H,9,11-13H2,1-7H3,(H,19,21)/b10-8+/t14-/m0/s1. The van der Waals surface area contributed by atoms with Crippen LogP contribution in [0.4, 0.5) is 9.59 Å². The molecule has 0 aromatic carbocycles. The van der Waals surface area contributed by atoms with Crippen molar-refractivity contribution >= 4 is 30.1 Å². The van der Waals surface area contributed by atoms with Gasteiger partial charge in [-0.25, -0.2) is 18.0 Å². The van der Waals surface area contributed by atoms with Crippen LogP contribution in [-0.2, 0) is 19.3 Å². The molecule has 0 aromatic rings. The summed E-state index contributed by atoms with van der Waals surface area (Å²) in [6.07, 6.45) is 0.320. The molecule has 1 aliphatic rings. The van der Waals surface area contributed by atoms with Crippen LogP contribution in [0, 0.1) is 0 Å². The summed E-state index contributed by atoms with van der Waals surface area (Å²) in [5, 5.41) is 2.99. The zero-order valence-electron chi connectivity index (χ0n) is 17.9. The number of amides is 2. The molecule has 2 amide bonds. The summed E-state index contributed by atoms with van der Waals surface area (Å²) >= 11 is 0. The highest BCUT2D eigenvalue weighted by atomic mass is 32.2. The summed E-state index contributed by atoms with van der Waals surface area (Å²) in [4.78, 5) is 25.0. The van der Waals surface area contributed by atoms with E-state index in [2.05, 4.69) is 25.0 Å². The molecular formula is C18H34N2O6SSi. The average molecular weight is 435 g/mol. The molecule has 1 heterocycles. The number of nitrogens with one attached hydrogen (secondary N) is 1. The lowest BCUT2D eigenvalue weighted by Gasteiger charge is -2.37. The van der Waals surface area contributed by atoms with Gasteiger partial charge in [0.15, 0.2) is 9.84 Å². The molecule has 1 fully saturated rings. The molecule has 162 valence electrons.